The summed E-state index contributed by atoms with van der Waals surface area (Å²) in [6.07, 6.45) is 0. The highest BCUT2D eigenvalue weighted by atomic mass is 35.5. The Kier molecular flexibility index (Phi) is 3.87. The van der Waals surface area contributed by atoms with Crippen LogP contribution in [-0.2, 0) is 0 Å². The lowest BCUT2D eigenvalue weighted by Crippen LogP contribution is -2.14. The zero-order valence-electron chi connectivity index (χ0n) is 9.94. The predicted octanol–water partition coefficient (Wildman–Crippen LogP) is 3.66. The van der Waals surface area contributed by atoms with E-state index >= 15 is 0 Å². The summed E-state index contributed by atoms with van der Waals surface area (Å²) >= 11 is 7.02. The Morgan fingerprint density at radius 2 is 2.00 bits per heavy atom. The molecule has 98 valence electrons. The zero-order chi connectivity index (χ0) is 14.0. The Hall–Kier alpha value is -1.85. The molecule has 2 rings (SSSR count). The molecule has 0 aliphatic heterocycles. The average molecular weight is 296 g/mol. The molecule has 2 N–H and O–H groups in total. The maximum absolute atomic E-state index is 12.1. The van der Waals surface area contributed by atoms with Crippen LogP contribution >= 0.6 is 22.9 Å². The normalized spacial score (nSPS) is 10.2. The maximum Gasteiger partial charge on any atom is 0.338 e. The van der Waals surface area contributed by atoms with Gasteiger partial charge >= 0.3 is 5.97 Å². The van der Waals surface area contributed by atoms with Gasteiger partial charge in [-0.2, -0.15) is 0 Å². The lowest BCUT2D eigenvalue weighted by Gasteiger charge is -2.07. The lowest BCUT2D eigenvalue weighted by molar-refractivity contribution is 0.0698. The Morgan fingerprint density at radius 3 is 2.68 bits per heavy atom. The van der Waals surface area contributed by atoms with Gasteiger partial charge in [-0.1, -0.05) is 17.7 Å². The fraction of sp³-hybridized carbons (Fsp3) is 0.0769. The number of aromatic carboxylic acids is 1. The molecule has 0 spiro atoms. The van der Waals surface area contributed by atoms with Crippen molar-refractivity contribution in [3.8, 4) is 0 Å². The van der Waals surface area contributed by atoms with E-state index in [0.29, 0.717) is 15.6 Å². The number of carbonyl (C=O) groups is 2. The Labute approximate surface area is 118 Å². The number of carbonyl (C=O) groups excluding carboxylic acids is 1. The zero-order valence-corrected chi connectivity index (χ0v) is 11.5. The van der Waals surface area contributed by atoms with Crippen molar-refractivity contribution in [2.75, 3.05) is 5.32 Å². The standard InChI is InChI=1S/C13H10ClNO3S/c1-7-2-3-8(14)6-10(7)11(16)15-12-9(13(17)18)4-5-19-12/h2-6H,1H3,(H,15,16)(H,17,18). The van der Waals surface area contributed by atoms with E-state index < -0.39 is 5.97 Å². The summed E-state index contributed by atoms with van der Waals surface area (Å²) in [7, 11) is 0. The van der Waals surface area contributed by atoms with Gasteiger partial charge in [0.2, 0.25) is 0 Å². The monoisotopic (exact) mass is 295 g/mol. The number of carboxylic acids is 1. The third-order valence-electron chi connectivity index (χ3n) is 2.57. The molecule has 0 bridgehead atoms. The molecule has 2 aromatic rings. The molecule has 1 aromatic heterocycles. The van der Waals surface area contributed by atoms with Crippen LogP contribution in [0.1, 0.15) is 26.3 Å². The Balaban J connectivity index is 2.28. The lowest BCUT2D eigenvalue weighted by atomic mass is 10.1. The summed E-state index contributed by atoms with van der Waals surface area (Å²) in [6, 6.07) is 6.44. The van der Waals surface area contributed by atoms with Crippen LogP contribution in [0.3, 0.4) is 0 Å². The van der Waals surface area contributed by atoms with Crippen LogP contribution in [0, 0.1) is 6.92 Å². The van der Waals surface area contributed by atoms with Crippen molar-refractivity contribution in [3.63, 3.8) is 0 Å². The highest BCUT2D eigenvalue weighted by molar-refractivity contribution is 7.14. The van der Waals surface area contributed by atoms with E-state index in [4.69, 9.17) is 16.7 Å². The summed E-state index contributed by atoms with van der Waals surface area (Å²) in [6.45, 7) is 1.79. The number of amides is 1. The van der Waals surface area contributed by atoms with Crippen LogP contribution in [0.5, 0.6) is 0 Å². The number of thiophene rings is 1. The summed E-state index contributed by atoms with van der Waals surface area (Å²) in [5, 5.41) is 14.0. The first kappa shape index (κ1) is 13.6. The summed E-state index contributed by atoms with van der Waals surface area (Å²) in [4.78, 5) is 23.1. The van der Waals surface area contributed by atoms with Crippen molar-refractivity contribution in [3.05, 3.63) is 51.4 Å². The highest BCUT2D eigenvalue weighted by Gasteiger charge is 2.16. The number of carboxylic acid groups (broad SMARTS) is 1. The summed E-state index contributed by atoms with van der Waals surface area (Å²) < 4.78 is 0. The highest BCUT2D eigenvalue weighted by Crippen LogP contribution is 2.25. The van der Waals surface area contributed by atoms with Gasteiger partial charge < -0.3 is 10.4 Å². The molecule has 0 saturated heterocycles. The third kappa shape index (κ3) is 2.94. The molecule has 0 aliphatic carbocycles. The number of rotatable bonds is 3. The Morgan fingerprint density at radius 1 is 1.26 bits per heavy atom. The van der Waals surface area contributed by atoms with Gasteiger partial charge in [0.15, 0.2) is 0 Å². The molecule has 1 aromatic carbocycles. The van der Waals surface area contributed by atoms with Crippen molar-refractivity contribution in [2.45, 2.75) is 6.92 Å². The first-order valence-corrected chi connectivity index (χ1v) is 6.63. The van der Waals surface area contributed by atoms with E-state index in [-0.39, 0.29) is 11.5 Å². The van der Waals surface area contributed by atoms with Crippen LogP contribution in [0.15, 0.2) is 29.6 Å². The molecule has 0 unspecified atom stereocenters. The average Bonchev–Trinajstić information content (AvgIpc) is 2.80. The second-order valence-electron chi connectivity index (χ2n) is 3.88. The molecule has 0 atom stereocenters. The minimum atomic E-state index is -1.07. The first-order valence-electron chi connectivity index (χ1n) is 5.37. The van der Waals surface area contributed by atoms with Crippen LogP contribution in [0.2, 0.25) is 5.02 Å². The van der Waals surface area contributed by atoms with Crippen molar-refractivity contribution >= 4 is 39.8 Å². The number of nitrogens with one attached hydrogen (secondary N) is 1. The fourth-order valence-corrected chi connectivity index (χ4v) is 2.53. The molecule has 19 heavy (non-hydrogen) atoms. The molecular weight excluding hydrogens is 286 g/mol. The number of hydrogen-bond donors (Lipinski definition) is 2. The predicted molar refractivity (Wildman–Crippen MR) is 75.4 cm³/mol. The molecule has 0 saturated carbocycles. The molecule has 6 heteroatoms. The largest absolute Gasteiger partial charge is 0.478 e. The summed E-state index contributed by atoms with van der Waals surface area (Å²) in [5.74, 6) is -1.44. The van der Waals surface area contributed by atoms with E-state index in [0.717, 1.165) is 5.56 Å². The number of benzene rings is 1. The maximum atomic E-state index is 12.1. The van der Waals surface area contributed by atoms with Crippen molar-refractivity contribution in [2.24, 2.45) is 0 Å². The van der Waals surface area contributed by atoms with Gasteiger partial charge in [0.1, 0.15) is 5.00 Å². The minimum Gasteiger partial charge on any atom is -0.478 e. The van der Waals surface area contributed by atoms with Crippen LogP contribution in [-0.4, -0.2) is 17.0 Å². The van der Waals surface area contributed by atoms with Crippen molar-refractivity contribution in [1.82, 2.24) is 0 Å². The third-order valence-corrected chi connectivity index (χ3v) is 3.63. The van der Waals surface area contributed by atoms with E-state index in [1.807, 2.05) is 0 Å². The van der Waals surface area contributed by atoms with Crippen molar-refractivity contribution in [1.29, 1.82) is 0 Å². The molecule has 0 radical (unpaired) electrons. The SMILES string of the molecule is Cc1ccc(Cl)cc1C(=O)Nc1sccc1C(=O)O. The summed E-state index contributed by atoms with van der Waals surface area (Å²) in [5.41, 5.74) is 1.28. The van der Waals surface area contributed by atoms with Gasteiger partial charge in [0.25, 0.3) is 5.91 Å². The minimum absolute atomic E-state index is 0.0815. The van der Waals surface area contributed by atoms with E-state index in [2.05, 4.69) is 5.32 Å². The van der Waals surface area contributed by atoms with E-state index in [9.17, 15) is 9.59 Å². The van der Waals surface area contributed by atoms with Gasteiger partial charge in [0, 0.05) is 10.6 Å². The smallest absolute Gasteiger partial charge is 0.338 e. The van der Waals surface area contributed by atoms with Gasteiger partial charge in [-0.3, -0.25) is 4.79 Å². The second kappa shape index (κ2) is 5.42. The van der Waals surface area contributed by atoms with Crippen LogP contribution in [0.25, 0.3) is 0 Å². The number of hydrogen-bond acceptors (Lipinski definition) is 3. The van der Waals surface area contributed by atoms with Crippen LogP contribution < -0.4 is 5.32 Å². The second-order valence-corrected chi connectivity index (χ2v) is 5.23. The van der Waals surface area contributed by atoms with Gasteiger partial charge in [0.05, 0.1) is 5.56 Å². The number of aryl methyl sites for hydroxylation is 1. The molecule has 1 heterocycles. The fourth-order valence-electron chi connectivity index (χ4n) is 1.58. The number of anilines is 1. The van der Waals surface area contributed by atoms with Gasteiger partial charge in [-0.15, -0.1) is 11.3 Å². The molecule has 1 amide bonds. The quantitative estimate of drug-likeness (QED) is 0.908. The molecule has 0 fully saturated rings. The molecule has 0 aliphatic rings. The van der Waals surface area contributed by atoms with Crippen LogP contribution in [0.4, 0.5) is 5.00 Å². The van der Waals surface area contributed by atoms with E-state index in [1.54, 1.807) is 30.5 Å². The number of halogens is 1. The van der Waals surface area contributed by atoms with E-state index in [1.165, 1.54) is 17.4 Å². The first-order chi connectivity index (χ1) is 8.99. The molecular formula is C13H10ClNO3S. The topological polar surface area (TPSA) is 66.4 Å². The van der Waals surface area contributed by atoms with Crippen molar-refractivity contribution < 1.29 is 14.7 Å². The Bertz CT molecular complexity index is 651. The molecule has 4 nitrogen and oxygen atoms in total. The van der Waals surface area contributed by atoms with Gasteiger partial charge in [-0.25, -0.2) is 4.79 Å². The van der Waals surface area contributed by atoms with Gasteiger partial charge in [-0.05, 0) is 36.1 Å².